The molecule has 0 aromatic heterocycles. The van der Waals surface area contributed by atoms with Gasteiger partial charge in [0.25, 0.3) is 0 Å². The van der Waals surface area contributed by atoms with Crippen LogP contribution in [0.2, 0.25) is 0 Å². The molecule has 0 saturated heterocycles. The molecule has 0 spiro atoms. The van der Waals surface area contributed by atoms with Crippen LogP contribution in [0.15, 0.2) is 53.9 Å². The van der Waals surface area contributed by atoms with E-state index in [9.17, 15) is 0 Å². The molecule has 0 saturated carbocycles. The molecule has 1 radical (unpaired) electrons. The van der Waals surface area contributed by atoms with E-state index in [4.69, 9.17) is 0 Å². The summed E-state index contributed by atoms with van der Waals surface area (Å²) in [6, 6.07) is 11.0. The van der Waals surface area contributed by atoms with E-state index in [1.54, 1.807) is 0 Å². The molecule has 23 heavy (non-hydrogen) atoms. The molecular weight excluding hydrogens is 292 g/mol. The molecule has 0 atom stereocenters. The monoisotopic (exact) mass is 327 g/mol. The van der Waals surface area contributed by atoms with Gasteiger partial charge in [-0.15, -0.1) is 6.58 Å². The van der Waals surface area contributed by atoms with E-state index in [-0.39, 0.29) is 0 Å². The van der Waals surface area contributed by atoms with Gasteiger partial charge in [0.2, 0.25) is 0 Å². The van der Waals surface area contributed by atoms with Crippen molar-refractivity contribution in [3.05, 3.63) is 53.9 Å². The zero-order valence-corrected chi connectivity index (χ0v) is 16.3. The molecule has 1 rings (SSSR count). The largest absolute Gasteiger partial charge is 0.141 e. The first kappa shape index (κ1) is 20.0. The van der Waals surface area contributed by atoms with Crippen LogP contribution in [0.4, 0.5) is 0 Å². The van der Waals surface area contributed by atoms with Gasteiger partial charge in [-0.25, -0.2) is 0 Å². The van der Waals surface area contributed by atoms with Crippen LogP contribution in [-0.4, -0.2) is 8.80 Å². The highest BCUT2D eigenvalue weighted by Crippen LogP contribution is 2.13. The van der Waals surface area contributed by atoms with E-state index in [1.807, 2.05) is 0 Å². The van der Waals surface area contributed by atoms with Crippen LogP contribution in [0.25, 0.3) is 0 Å². The van der Waals surface area contributed by atoms with E-state index in [1.165, 1.54) is 74.6 Å². The Balaban J connectivity index is 2.55. The third-order valence-corrected chi connectivity index (χ3v) is 6.84. The zero-order chi connectivity index (χ0) is 16.8. The third-order valence-electron chi connectivity index (χ3n) is 4.31. The van der Waals surface area contributed by atoms with Gasteiger partial charge in [-0.2, -0.15) is 0 Å². The Morgan fingerprint density at radius 1 is 0.913 bits per heavy atom. The summed E-state index contributed by atoms with van der Waals surface area (Å²) in [4.78, 5) is 0. The smallest absolute Gasteiger partial charge is 0.103 e. The van der Waals surface area contributed by atoms with Crippen LogP contribution in [0, 0.1) is 0 Å². The SMILES string of the molecule is C=C(CCCCCC)[Si](/C=C/CCCCCC)c1ccccc1. The average molecular weight is 328 g/mol. The quantitative estimate of drug-likeness (QED) is 0.286. The maximum Gasteiger partial charge on any atom is 0.141 e. The van der Waals surface area contributed by atoms with Crippen molar-refractivity contribution in [1.29, 1.82) is 0 Å². The fraction of sp³-hybridized carbons (Fsp3) is 0.545. The highest BCUT2D eigenvalue weighted by Gasteiger charge is 2.14. The second kappa shape index (κ2) is 13.4. The zero-order valence-electron chi connectivity index (χ0n) is 15.3. The number of allylic oxidation sites excluding steroid dienone is 2. The summed E-state index contributed by atoms with van der Waals surface area (Å²) < 4.78 is 0. The van der Waals surface area contributed by atoms with Crippen molar-refractivity contribution >= 4 is 14.0 Å². The molecule has 0 aliphatic heterocycles. The molecule has 1 heteroatoms. The summed E-state index contributed by atoms with van der Waals surface area (Å²) in [7, 11) is -0.754. The number of hydrogen-bond donors (Lipinski definition) is 0. The minimum absolute atomic E-state index is 0.754. The van der Waals surface area contributed by atoms with E-state index in [0.29, 0.717) is 0 Å². The van der Waals surface area contributed by atoms with Crippen molar-refractivity contribution in [2.45, 2.75) is 78.1 Å². The fourth-order valence-electron chi connectivity index (χ4n) is 2.83. The average Bonchev–Trinajstić information content (AvgIpc) is 2.59. The third kappa shape index (κ3) is 8.95. The van der Waals surface area contributed by atoms with Crippen LogP contribution >= 0.6 is 0 Å². The summed E-state index contributed by atoms with van der Waals surface area (Å²) in [6.45, 7) is 9.00. The minimum Gasteiger partial charge on any atom is -0.103 e. The lowest BCUT2D eigenvalue weighted by Gasteiger charge is -2.15. The molecule has 0 heterocycles. The van der Waals surface area contributed by atoms with Crippen LogP contribution in [-0.2, 0) is 0 Å². The van der Waals surface area contributed by atoms with Gasteiger partial charge in [-0.3, -0.25) is 0 Å². The van der Waals surface area contributed by atoms with Gasteiger partial charge in [0.15, 0.2) is 0 Å². The van der Waals surface area contributed by atoms with Crippen LogP contribution in [0.5, 0.6) is 0 Å². The maximum absolute atomic E-state index is 4.45. The molecular formula is C22H35Si. The highest BCUT2D eigenvalue weighted by atomic mass is 28.3. The number of unbranched alkanes of at least 4 members (excludes halogenated alkanes) is 7. The maximum atomic E-state index is 4.45. The first-order chi connectivity index (χ1) is 11.3. The first-order valence-corrected chi connectivity index (χ1v) is 11.1. The van der Waals surface area contributed by atoms with Crippen molar-refractivity contribution in [1.82, 2.24) is 0 Å². The van der Waals surface area contributed by atoms with E-state index in [0.717, 1.165) is 0 Å². The summed E-state index contributed by atoms with van der Waals surface area (Å²) in [5.74, 6) is 0. The van der Waals surface area contributed by atoms with Gasteiger partial charge in [0, 0.05) is 0 Å². The summed E-state index contributed by atoms with van der Waals surface area (Å²) in [5, 5.41) is 2.96. The Labute approximate surface area is 146 Å². The van der Waals surface area contributed by atoms with Crippen molar-refractivity contribution in [3.63, 3.8) is 0 Å². The predicted octanol–water partition coefficient (Wildman–Crippen LogP) is 6.52. The Morgan fingerprint density at radius 2 is 1.57 bits per heavy atom. The van der Waals surface area contributed by atoms with E-state index >= 15 is 0 Å². The van der Waals surface area contributed by atoms with Crippen LogP contribution in [0.1, 0.15) is 78.1 Å². The Kier molecular flexibility index (Phi) is 11.6. The number of hydrogen-bond acceptors (Lipinski definition) is 0. The summed E-state index contributed by atoms with van der Waals surface area (Å²) >= 11 is 0. The second-order valence-corrected chi connectivity index (χ2v) is 8.89. The highest BCUT2D eigenvalue weighted by molar-refractivity contribution is 6.83. The van der Waals surface area contributed by atoms with Crippen molar-refractivity contribution in [3.8, 4) is 0 Å². The molecule has 0 bridgehead atoms. The topological polar surface area (TPSA) is 0 Å². The van der Waals surface area contributed by atoms with Gasteiger partial charge in [-0.05, 0) is 25.7 Å². The molecule has 0 N–H and O–H groups in total. The van der Waals surface area contributed by atoms with Crippen molar-refractivity contribution in [2.75, 3.05) is 0 Å². The van der Waals surface area contributed by atoms with Gasteiger partial charge in [0.05, 0.1) is 0 Å². The molecule has 127 valence electrons. The lowest BCUT2D eigenvalue weighted by molar-refractivity contribution is 0.671. The standard InChI is InChI=1S/C22H35Si/c1-4-6-8-10-11-16-20-23(22-18-14-12-15-19-22)21(3)17-13-9-7-5-2/h12,14-16,18-20H,3-11,13,17H2,1-2H3/b20-16+. The number of benzene rings is 1. The van der Waals surface area contributed by atoms with Crippen molar-refractivity contribution in [2.24, 2.45) is 0 Å². The Hall–Kier alpha value is -1.08. The van der Waals surface area contributed by atoms with Crippen molar-refractivity contribution < 1.29 is 0 Å². The van der Waals surface area contributed by atoms with Crippen LogP contribution < -0.4 is 5.19 Å². The molecule has 0 aliphatic rings. The Bertz CT molecular complexity index is 433. The summed E-state index contributed by atoms with van der Waals surface area (Å²) in [5.41, 5.74) is 2.49. The molecule has 1 aromatic rings. The molecule has 0 fully saturated rings. The van der Waals surface area contributed by atoms with Gasteiger partial charge >= 0.3 is 0 Å². The van der Waals surface area contributed by atoms with Crippen LogP contribution in [0.3, 0.4) is 0 Å². The molecule has 1 aromatic carbocycles. The second-order valence-electron chi connectivity index (χ2n) is 6.45. The lowest BCUT2D eigenvalue weighted by Crippen LogP contribution is -2.30. The van der Waals surface area contributed by atoms with Gasteiger partial charge in [0.1, 0.15) is 8.80 Å². The van der Waals surface area contributed by atoms with E-state index in [2.05, 4.69) is 62.5 Å². The molecule has 0 aliphatic carbocycles. The van der Waals surface area contributed by atoms with Gasteiger partial charge < -0.3 is 0 Å². The van der Waals surface area contributed by atoms with Gasteiger partial charge in [-0.1, -0.05) is 105 Å². The minimum atomic E-state index is -0.754. The number of rotatable bonds is 13. The molecule has 0 amide bonds. The molecule has 0 unspecified atom stereocenters. The molecule has 0 nitrogen and oxygen atoms in total. The normalized spacial score (nSPS) is 11.4. The Morgan fingerprint density at radius 3 is 2.22 bits per heavy atom. The summed E-state index contributed by atoms with van der Waals surface area (Å²) in [6.07, 6.45) is 15.5. The van der Waals surface area contributed by atoms with E-state index < -0.39 is 8.80 Å². The first-order valence-electron chi connectivity index (χ1n) is 9.56. The predicted molar refractivity (Wildman–Crippen MR) is 108 cm³/mol. The lowest BCUT2D eigenvalue weighted by atomic mass is 10.1. The fourth-order valence-corrected chi connectivity index (χ4v) is 5.06.